The van der Waals surface area contributed by atoms with Crippen molar-refractivity contribution in [2.45, 2.75) is 11.8 Å². The molecule has 1 heterocycles. The van der Waals surface area contributed by atoms with Gasteiger partial charge in [-0.3, -0.25) is 4.79 Å². The zero-order valence-electron chi connectivity index (χ0n) is 15.9. The third-order valence-corrected chi connectivity index (χ3v) is 7.04. The van der Waals surface area contributed by atoms with Crippen molar-refractivity contribution in [3.8, 4) is 0 Å². The predicted molar refractivity (Wildman–Crippen MR) is 111 cm³/mol. The minimum absolute atomic E-state index is 0.196. The van der Waals surface area contributed by atoms with E-state index in [0.29, 0.717) is 5.56 Å². The first-order valence-electron chi connectivity index (χ1n) is 9.04. The first-order chi connectivity index (χ1) is 13.8. The lowest BCUT2D eigenvalue weighted by molar-refractivity contribution is -0.135. The molecule has 0 aliphatic carbocycles. The summed E-state index contributed by atoms with van der Waals surface area (Å²) < 4.78 is 32.6. The maximum Gasteiger partial charge on any atom is 0.338 e. The minimum Gasteiger partial charge on any atom is -0.452 e. The summed E-state index contributed by atoms with van der Waals surface area (Å²) in [4.78, 5) is 26.1. The molecule has 1 aliphatic heterocycles. The monoisotopic (exact) mass is 480 g/mol. The van der Waals surface area contributed by atoms with Gasteiger partial charge >= 0.3 is 5.97 Å². The summed E-state index contributed by atoms with van der Waals surface area (Å²) in [5.41, 5.74) is 1.33. The van der Waals surface area contributed by atoms with Gasteiger partial charge in [-0.2, -0.15) is 4.31 Å². The van der Waals surface area contributed by atoms with Crippen LogP contribution in [0.25, 0.3) is 0 Å². The topological polar surface area (TPSA) is 84.0 Å². The molecule has 9 heteroatoms. The number of halogens is 1. The van der Waals surface area contributed by atoms with Gasteiger partial charge in [0, 0.05) is 30.7 Å². The Morgan fingerprint density at radius 1 is 1.03 bits per heavy atom. The molecule has 7 nitrogen and oxygen atoms in total. The molecule has 1 fully saturated rings. The van der Waals surface area contributed by atoms with E-state index in [9.17, 15) is 18.0 Å². The predicted octanol–water partition coefficient (Wildman–Crippen LogP) is 2.45. The SMILES string of the molecule is Cc1ccc(S(=O)(=O)N2CCN(C(=O)COC(=O)c3cccc(Br)c3)CC2)cc1. The summed E-state index contributed by atoms with van der Waals surface area (Å²) >= 11 is 3.28. The van der Waals surface area contributed by atoms with Crippen molar-refractivity contribution in [1.29, 1.82) is 0 Å². The van der Waals surface area contributed by atoms with Crippen molar-refractivity contribution in [2.24, 2.45) is 0 Å². The molecule has 1 saturated heterocycles. The number of hydrogen-bond donors (Lipinski definition) is 0. The summed E-state index contributed by atoms with van der Waals surface area (Å²) in [5, 5.41) is 0. The molecule has 0 atom stereocenters. The van der Waals surface area contributed by atoms with Gasteiger partial charge in [-0.15, -0.1) is 0 Å². The number of sulfonamides is 1. The van der Waals surface area contributed by atoms with E-state index >= 15 is 0 Å². The van der Waals surface area contributed by atoms with Crippen LogP contribution < -0.4 is 0 Å². The van der Waals surface area contributed by atoms with Gasteiger partial charge in [0.05, 0.1) is 10.5 Å². The zero-order valence-corrected chi connectivity index (χ0v) is 18.3. The number of amides is 1. The Hall–Kier alpha value is -2.23. The van der Waals surface area contributed by atoms with Crippen molar-refractivity contribution >= 4 is 37.8 Å². The van der Waals surface area contributed by atoms with Crippen LogP contribution in [0, 0.1) is 6.92 Å². The summed E-state index contributed by atoms with van der Waals surface area (Å²) in [6.45, 7) is 2.40. The van der Waals surface area contributed by atoms with Gasteiger partial charge in [0.2, 0.25) is 10.0 Å². The van der Waals surface area contributed by atoms with E-state index in [4.69, 9.17) is 4.74 Å². The van der Waals surface area contributed by atoms with Gasteiger partial charge in [0.15, 0.2) is 6.61 Å². The number of benzene rings is 2. The lowest BCUT2D eigenvalue weighted by Gasteiger charge is -2.33. The quantitative estimate of drug-likeness (QED) is 0.613. The van der Waals surface area contributed by atoms with Gasteiger partial charge in [0.1, 0.15) is 0 Å². The number of hydrogen-bond acceptors (Lipinski definition) is 5. The summed E-state index contributed by atoms with van der Waals surface area (Å²) in [5.74, 6) is -0.930. The number of nitrogens with zero attached hydrogens (tertiary/aromatic N) is 2. The molecule has 1 aliphatic rings. The molecule has 29 heavy (non-hydrogen) atoms. The highest BCUT2D eigenvalue weighted by atomic mass is 79.9. The van der Waals surface area contributed by atoms with Crippen LogP contribution in [0.15, 0.2) is 57.9 Å². The van der Waals surface area contributed by atoms with Gasteiger partial charge in [0.25, 0.3) is 5.91 Å². The van der Waals surface area contributed by atoms with E-state index < -0.39 is 16.0 Å². The highest BCUT2D eigenvalue weighted by molar-refractivity contribution is 9.10. The number of rotatable bonds is 5. The van der Waals surface area contributed by atoms with E-state index in [0.717, 1.165) is 10.0 Å². The molecular formula is C20H21BrN2O5S. The fraction of sp³-hybridized carbons (Fsp3) is 0.300. The Bertz CT molecular complexity index is 1000. The lowest BCUT2D eigenvalue weighted by atomic mass is 10.2. The fourth-order valence-corrected chi connectivity index (χ4v) is 4.78. The Morgan fingerprint density at radius 2 is 1.69 bits per heavy atom. The maximum absolute atomic E-state index is 12.7. The fourth-order valence-electron chi connectivity index (χ4n) is 2.95. The number of piperazine rings is 1. The van der Waals surface area contributed by atoms with Crippen LogP contribution in [0.3, 0.4) is 0 Å². The smallest absolute Gasteiger partial charge is 0.338 e. The van der Waals surface area contributed by atoms with Gasteiger partial charge in [-0.1, -0.05) is 39.7 Å². The number of aryl methyl sites for hydroxylation is 1. The third-order valence-electron chi connectivity index (χ3n) is 4.64. The van der Waals surface area contributed by atoms with Crippen molar-refractivity contribution in [2.75, 3.05) is 32.8 Å². The molecule has 2 aromatic carbocycles. The van der Waals surface area contributed by atoms with Crippen LogP contribution in [0.2, 0.25) is 0 Å². The first kappa shape index (κ1) is 21.5. The number of ether oxygens (including phenoxy) is 1. The van der Waals surface area contributed by atoms with Crippen molar-refractivity contribution in [3.63, 3.8) is 0 Å². The average Bonchev–Trinajstić information content (AvgIpc) is 2.72. The van der Waals surface area contributed by atoms with Crippen molar-refractivity contribution in [3.05, 3.63) is 64.1 Å². The molecule has 1 amide bonds. The Morgan fingerprint density at radius 3 is 2.31 bits per heavy atom. The van der Waals surface area contributed by atoms with E-state index in [-0.39, 0.29) is 43.6 Å². The van der Waals surface area contributed by atoms with Gasteiger partial charge in [-0.05, 0) is 37.3 Å². The summed E-state index contributed by atoms with van der Waals surface area (Å²) in [6, 6.07) is 13.4. The summed E-state index contributed by atoms with van der Waals surface area (Å²) in [7, 11) is -3.59. The van der Waals surface area contributed by atoms with E-state index in [1.807, 2.05) is 6.92 Å². The highest BCUT2D eigenvalue weighted by Gasteiger charge is 2.30. The average molecular weight is 481 g/mol. The minimum atomic E-state index is -3.59. The first-order valence-corrected chi connectivity index (χ1v) is 11.3. The van der Waals surface area contributed by atoms with E-state index in [1.54, 1.807) is 48.5 Å². The normalized spacial score (nSPS) is 15.2. The standard InChI is InChI=1S/C20H21BrN2O5S/c1-15-5-7-18(8-6-15)29(26,27)23-11-9-22(10-12-23)19(24)14-28-20(25)16-3-2-4-17(21)13-16/h2-8,13H,9-12,14H2,1H3. The molecule has 0 N–H and O–H groups in total. The molecule has 0 aromatic heterocycles. The molecule has 0 radical (unpaired) electrons. The number of carbonyl (C=O) groups excluding carboxylic acids is 2. The second-order valence-corrected chi connectivity index (χ2v) is 9.54. The lowest BCUT2D eigenvalue weighted by Crippen LogP contribution is -2.51. The number of carbonyl (C=O) groups is 2. The van der Waals surface area contributed by atoms with Crippen molar-refractivity contribution in [1.82, 2.24) is 9.21 Å². The molecular weight excluding hydrogens is 460 g/mol. The molecule has 3 rings (SSSR count). The van der Waals surface area contributed by atoms with Crippen LogP contribution >= 0.6 is 15.9 Å². The van der Waals surface area contributed by atoms with Crippen LogP contribution in [0.5, 0.6) is 0 Å². The van der Waals surface area contributed by atoms with Gasteiger partial charge in [-0.25, -0.2) is 13.2 Å². The summed E-state index contributed by atoms with van der Waals surface area (Å²) in [6.07, 6.45) is 0. The maximum atomic E-state index is 12.7. The van der Waals surface area contributed by atoms with E-state index in [1.165, 1.54) is 9.21 Å². The number of esters is 1. The van der Waals surface area contributed by atoms with Gasteiger partial charge < -0.3 is 9.64 Å². The molecule has 0 spiro atoms. The second-order valence-electron chi connectivity index (χ2n) is 6.68. The molecule has 2 aromatic rings. The largest absolute Gasteiger partial charge is 0.452 e. The van der Waals surface area contributed by atoms with Crippen molar-refractivity contribution < 1.29 is 22.7 Å². The molecule has 0 saturated carbocycles. The third kappa shape index (κ3) is 5.23. The van der Waals surface area contributed by atoms with Crippen LogP contribution in [0.1, 0.15) is 15.9 Å². The highest BCUT2D eigenvalue weighted by Crippen LogP contribution is 2.18. The Kier molecular flexibility index (Phi) is 6.71. The Labute approximate surface area is 178 Å². The molecule has 154 valence electrons. The molecule has 0 unspecified atom stereocenters. The molecule has 0 bridgehead atoms. The van der Waals surface area contributed by atoms with E-state index in [2.05, 4.69) is 15.9 Å². The van der Waals surface area contributed by atoms with Crippen LogP contribution in [0.4, 0.5) is 0 Å². The van der Waals surface area contributed by atoms with Crippen LogP contribution in [-0.4, -0.2) is 62.3 Å². The second kappa shape index (κ2) is 9.06. The van der Waals surface area contributed by atoms with Crippen LogP contribution in [-0.2, 0) is 19.6 Å². The Balaban J connectivity index is 1.53. The zero-order chi connectivity index (χ0) is 21.0.